The van der Waals surface area contributed by atoms with Gasteiger partial charge in [0, 0.05) is 70.0 Å². The molecule has 0 atom stereocenters. The molecule has 2 heterocycles. The summed E-state index contributed by atoms with van der Waals surface area (Å²) in [6.45, 7) is -13.8. The molecule has 8 aromatic rings. The number of aryl methyl sites for hydroxylation is 2. The minimum Gasteiger partial charge on any atom is -0.507 e. The predicted octanol–water partition coefficient (Wildman–Crippen LogP) is 17.0. The van der Waals surface area contributed by atoms with Crippen molar-refractivity contribution in [3.8, 4) is 67.5 Å². The standard InChI is InChI=1S/C62H68N3O.Pt/c1-37(2)44-28-45(38(3)4)30-46(29-44)42-23-24-55(40(6)27-42)65-56-18-16-17-51(57(56)64-59(65)52-35-50(61(10,11)12)36-53(58(52)66)62(13,14)15)47-31-48(33-49(32-47)60(7,8)9)54-34-43(25-26-63-54)41-21-19-39(5)20-22-41;/h16-30,32-38,66H,1-15H3;/q-1;/i6D3,10D3,11D3,12D3,13D3,14D3,15D3,37D,38D;. The first-order chi connectivity index (χ1) is 40.3. The molecule has 0 aliphatic heterocycles. The first kappa shape index (κ1) is 27.4. The fraction of sp³-hybridized carbons (Fsp3) is 0.323. The molecular weight excluding hydrogens is 998 g/mol. The van der Waals surface area contributed by atoms with Gasteiger partial charge in [0.15, 0.2) is 0 Å². The summed E-state index contributed by atoms with van der Waals surface area (Å²) in [6, 6.07) is 33.6. The SMILES string of the molecule is [2H]C([2H])([2H])c1cc(-c2cc(C([2H])(C)C)cc(C([2H])(C)C)c2)ccc1-n1c(-c2cc(C(C([2H])([2H])[2H])(C([2H])([2H])[2H])C([2H])([2H])[2H])cc(C(C([2H])([2H])[2H])(C([2H])([2H])[2H])C([2H])([2H])[2H])c2O)nc2c(-c3[c-]c(-c4cc(-c5ccc(C)cc5)ccn4)cc(C(C)(C)C)c3)cccc21.[Pt]. The average Bonchev–Trinajstić information content (AvgIpc) is 0.793. The topological polar surface area (TPSA) is 50.9 Å². The summed E-state index contributed by atoms with van der Waals surface area (Å²) in [6.07, 6.45) is 1.65. The van der Waals surface area contributed by atoms with E-state index in [2.05, 4.69) is 6.07 Å². The summed E-state index contributed by atoms with van der Waals surface area (Å²) in [5.41, 5.74) is -6.93. The van der Waals surface area contributed by atoms with Gasteiger partial charge in [0.2, 0.25) is 0 Å². The molecule has 0 saturated carbocycles. The molecule has 4 nitrogen and oxygen atoms in total. The number of fused-ring (bicyclic) bond motifs is 1. The number of imidazole rings is 1. The average molecular weight is 1090 g/mol. The third-order valence-electron chi connectivity index (χ3n) is 12.0. The Morgan fingerprint density at radius 3 is 1.93 bits per heavy atom. The van der Waals surface area contributed by atoms with Gasteiger partial charge in [0.05, 0.1) is 22.3 Å². The van der Waals surface area contributed by atoms with Crippen molar-refractivity contribution in [2.45, 2.75) is 131 Å². The molecule has 0 aliphatic carbocycles. The minimum absolute atomic E-state index is 0. The maximum atomic E-state index is 13.1. The Kier molecular flexibility index (Phi) is 7.57. The number of nitrogens with zero attached hydrogens (tertiary/aromatic N) is 3. The van der Waals surface area contributed by atoms with Gasteiger partial charge in [-0.25, -0.2) is 4.98 Å². The van der Waals surface area contributed by atoms with E-state index in [4.69, 9.17) is 37.4 Å². The molecule has 0 amide bonds. The zero-order chi connectivity index (χ0) is 67.0. The Morgan fingerprint density at radius 2 is 1.28 bits per heavy atom. The van der Waals surface area contributed by atoms with E-state index in [1.54, 1.807) is 64.2 Å². The summed E-state index contributed by atoms with van der Waals surface area (Å²) in [5, 5.41) is 13.1. The number of pyridine rings is 1. The molecule has 0 saturated heterocycles. The number of aromatic hydroxyl groups is 1. The van der Waals surface area contributed by atoms with E-state index in [0.29, 0.717) is 39.6 Å². The summed E-state index contributed by atoms with van der Waals surface area (Å²) < 4.78 is 205. The van der Waals surface area contributed by atoms with E-state index in [-0.39, 0.29) is 55.0 Å². The molecule has 5 heteroatoms. The largest absolute Gasteiger partial charge is 0.507 e. The monoisotopic (exact) mass is 1090 g/mol. The van der Waals surface area contributed by atoms with E-state index < -0.39 is 110 Å². The van der Waals surface area contributed by atoms with Gasteiger partial charge in [-0.3, -0.25) is 9.55 Å². The van der Waals surface area contributed by atoms with Crippen molar-refractivity contribution in [2.24, 2.45) is 0 Å². The van der Waals surface area contributed by atoms with Crippen LogP contribution in [0.5, 0.6) is 5.75 Å². The zero-order valence-electron chi connectivity index (χ0n) is 61.7. The van der Waals surface area contributed by atoms with Crippen molar-refractivity contribution in [3.05, 3.63) is 166 Å². The fourth-order valence-electron chi connectivity index (χ4n) is 8.12. The Hall–Kier alpha value is -5.57. The molecule has 0 fully saturated rings. The van der Waals surface area contributed by atoms with Crippen molar-refractivity contribution < 1.29 is 57.7 Å². The molecule has 0 unspecified atom stereocenters. The first-order valence-corrected chi connectivity index (χ1v) is 21.6. The number of hydrogen-bond donors (Lipinski definition) is 1. The maximum Gasteiger partial charge on any atom is 0.148 e. The van der Waals surface area contributed by atoms with Crippen LogP contribution in [0, 0.1) is 19.8 Å². The number of phenols is 1. The van der Waals surface area contributed by atoms with Crippen molar-refractivity contribution in [3.63, 3.8) is 0 Å². The third kappa shape index (κ3) is 10.0. The van der Waals surface area contributed by atoms with Crippen molar-refractivity contribution in [1.82, 2.24) is 14.5 Å². The molecule has 6 aromatic carbocycles. The van der Waals surface area contributed by atoms with Crippen LogP contribution < -0.4 is 0 Å². The molecule has 67 heavy (non-hydrogen) atoms. The zero-order valence-corrected chi connectivity index (χ0v) is 40.9. The Balaban J connectivity index is 0.0000115. The van der Waals surface area contributed by atoms with Crippen LogP contribution in [0.25, 0.3) is 72.7 Å². The summed E-state index contributed by atoms with van der Waals surface area (Å²) in [5.74, 6) is -4.64. The second-order valence-corrected chi connectivity index (χ2v) is 18.6. The van der Waals surface area contributed by atoms with E-state index >= 15 is 0 Å². The predicted molar refractivity (Wildman–Crippen MR) is 280 cm³/mol. The summed E-state index contributed by atoms with van der Waals surface area (Å²) >= 11 is 0. The Morgan fingerprint density at radius 1 is 0.642 bits per heavy atom. The van der Waals surface area contributed by atoms with Crippen LogP contribution in [-0.2, 0) is 37.3 Å². The number of benzene rings is 6. The van der Waals surface area contributed by atoms with Crippen molar-refractivity contribution in [1.29, 1.82) is 0 Å². The van der Waals surface area contributed by atoms with Gasteiger partial charge < -0.3 is 5.11 Å². The quantitative estimate of drug-likeness (QED) is 0.154. The van der Waals surface area contributed by atoms with E-state index in [1.807, 2.05) is 76.2 Å². The number of hydrogen-bond acceptors (Lipinski definition) is 3. The van der Waals surface area contributed by atoms with E-state index in [1.165, 1.54) is 24.3 Å². The molecule has 0 spiro atoms. The van der Waals surface area contributed by atoms with Crippen molar-refractivity contribution in [2.75, 3.05) is 0 Å². The van der Waals surface area contributed by atoms with Crippen LogP contribution in [0.2, 0.25) is 0 Å². The van der Waals surface area contributed by atoms with Crippen molar-refractivity contribution >= 4 is 11.0 Å². The van der Waals surface area contributed by atoms with Gasteiger partial charge in [-0.05, 0) is 117 Å². The van der Waals surface area contributed by atoms with Crippen LogP contribution in [0.15, 0.2) is 121 Å². The molecule has 2 aromatic heterocycles. The second-order valence-electron chi connectivity index (χ2n) is 18.6. The molecule has 348 valence electrons. The smallest absolute Gasteiger partial charge is 0.148 e. The summed E-state index contributed by atoms with van der Waals surface area (Å²) in [7, 11) is 0. The van der Waals surface area contributed by atoms with Gasteiger partial charge in [-0.15, -0.1) is 29.3 Å². The fourth-order valence-corrected chi connectivity index (χ4v) is 8.12. The molecule has 0 radical (unpaired) electrons. The van der Waals surface area contributed by atoms with E-state index in [0.717, 1.165) is 26.8 Å². The number of para-hydroxylation sites is 1. The molecule has 1 N–H and O–H groups in total. The van der Waals surface area contributed by atoms with Crippen LogP contribution >= 0.6 is 0 Å². The first-order valence-electron chi connectivity index (χ1n) is 33.1. The number of aromatic nitrogens is 3. The molecular formula is C62H68N3OPt-. The van der Waals surface area contributed by atoms with Crippen LogP contribution in [0.3, 0.4) is 0 Å². The Bertz CT molecular complexity index is 3910. The van der Waals surface area contributed by atoms with Crippen LogP contribution in [0.1, 0.15) is 172 Å². The number of phenolic OH excluding ortho intramolecular Hbond substituents is 1. The Labute approximate surface area is 447 Å². The van der Waals surface area contributed by atoms with Crippen LogP contribution in [-0.4, -0.2) is 19.6 Å². The van der Waals surface area contributed by atoms with E-state index in [9.17, 15) is 9.22 Å². The van der Waals surface area contributed by atoms with Gasteiger partial charge in [0.25, 0.3) is 0 Å². The minimum atomic E-state index is -4.27. The van der Waals surface area contributed by atoms with Gasteiger partial charge in [-0.2, -0.15) is 0 Å². The molecule has 0 aliphatic rings. The molecule has 0 bridgehead atoms. The molecule has 8 rings (SSSR count). The van der Waals surface area contributed by atoms with Crippen LogP contribution in [0.4, 0.5) is 0 Å². The second kappa shape index (κ2) is 18.5. The van der Waals surface area contributed by atoms with Gasteiger partial charge >= 0.3 is 0 Å². The number of rotatable bonds is 8. The normalized spacial score (nSPS) is 19.0. The van der Waals surface area contributed by atoms with Gasteiger partial charge in [0.1, 0.15) is 11.6 Å². The third-order valence-corrected chi connectivity index (χ3v) is 12.0. The maximum absolute atomic E-state index is 13.1. The van der Waals surface area contributed by atoms with Gasteiger partial charge in [-0.1, -0.05) is 179 Å². The summed E-state index contributed by atoms with van der Waals surface area (Å²) in [4.78, 5) is 9.79.